The van der Waals surface area contributed by atoms with E-state index < -0.39 is 0 Å². The molecule has 142 valence electrons. The van der Waals surface area contributed by atoms with Crippen LogP contribution < -0.4 is 0 Å². The van der Waals surface area contributed by atoms with Gasteiger partial charge in [0.05, 0.1) is 0 Å². The van der Waals surface area contributed by atoms with Gasteiger partial charge in [0.25, 0.3) is 11.8 Å². The number of nitrogens with zero attached hydrogens (tertiary/aromatic N) is 4. The molecule has 0 saturated carbocycles. The molecular formula is C22H22N4O2. The summed E-state index contributed by atoms with van der Waals surface area (Å²) >= 11 is 0. The van der Waals surface area contributed by atoms with E-state index in [-0.39, 0.29) is 11.8 Å². The van der Waals surface area contributed by atoms with Crippen LogP contribution in [0.3, 0.4) is 0 Å². The van der Waals surface area contributed by atoms with Gasteiger partial charge in [0.2, 0.25) is 0 Å². The molecule has 0 bridgehead atoms. The van der Waals surface area contributed by atoms with Gasteiger partial charge in [0.1, 0.15) is 5.69 Å². The van der Waals surface area contributed by atoms with Crippen molar-refractivity contribution in [3.8, 4) is 22.3 Å². The second-order valence-electron chi connectivity index (χ2n) is 6.87. The molecule has 3 rings (SSSR count). The summed E-state index contributed by atoms with van der Waals surface area (Å²) < 4.78 is 0. The Hall–Kier alpha value is -3.54. The van der Waals surface area contributed by atoms with E-state index in [1.807, 2.05) is 36.4 Å². The third kappa shape index (κ3) is 4.06. The lowest BCUT2D eigenvalue weighted by molar-refractivity contribution is 0.0817. The summed E-state index contributed by atoms with van der Waals surface area (Å²) in [7, 11) is 6.86. The Morgan fingerprint density at radius 3 is 1.93 bits per heavy atom. The highest BCUT2D eigenvalue weighted by molar-refractivity contribution is 5.94. The third-order valence-electron chi connectivity index (χ3n) is 4.33. The summed E-state index contributed by atoms with van der Waals surface area (Å²) in [6, 6.07) is 13.1. The summed E-state index contributed by atoms with van der Waals surface area (Å²) in [5.74, 6) is -0.180. The Labute approximate surface area is 164 Å². The van der Waals surface area contributed by atoms with Gasteiger partial charge in [-0.15, -0.1) is 0 Å². The maximum Gasteiger partial charge on any atom is 0.271 e. The molecule has 2 amide bonds. The zero-order valence-electron chi connectivity index (χ0n) is 16.4. The van der Waals surface area contributed by atoms with Crippen molar-refractivity contribution in [3.63, 3.8) is 0 Å². The Balaban J connectivity index is 1.92. The molecule has 2 aromatic heterocycles. The first kappa shape index (κ1) is 19.2. The monoisotopic (exact) mass is 374 g/mol. The van der Waals surface area contributed by atoms with Crippen LogP contribution in [0.1, 0.15) is 20.8 Å². The molecule has 28 heavy (non-hydrogen) atoms. The van der Waals surface area contributed by atoms with Crippen LogP contribution >= 0.6 is 0 Å². The molecule has 0 aliphatic rings. The van der Waals surface area contributed by atoms with Crippen LogP contribution in [0.4, 0.5) is 0 Å². The van der Waals surface area contributed by atoms with Crippen molar-refractivity contribution in [2.24, 2.45) is 0 Å². The number of aromatic nitrogens is 2. The standard InChI is InChI=1S/C22H22N4O2/c1-25(2)21(27)16-7-5-15(6-8-16)18-11-19(14-23-13-18)17-9-10-24-20(12-17)22(28)26(3)4/h5-14H,1-4H3. The van der Waals surface area contributed by atoms with Gasteiger partial charge in [-0.1, -0.05) is 12.1 Å². The average Bonchev–Trinajstić information content (AvgIpc) is 2.72. The van der Waals surface area contributed by atoms with Crippen LogP contribution in [0.25, 0.3) is 22.3 Å². The molecule has 6 nitrogen and oxygen atoms in total. The summed E-state index contributed by atoms with van der Waals surface area (Å²) in [6.45, 7) is 0. The van der Waals surface area contributed by atoms with Crippen LogP contribution in [-0.2, 0) is 0 Å². The van der Waals surface area contributed by atoms with Gasteiger partial charge < -0.3 is 9.80 Å². The lowest BCUT2D eigenvalue weighted by Crippen LogP contribution is -2.22. The van der Waals surface area contributed by atoms with Crippen molar-refractivity contribution >= 4 is 11.8 Å². The fourth-order valence-electron chi connectivity index (χ4n) is 2.78. The largest absolute Gasteiger partial charge is 0.345 e. The van der Waals surface area contributed by atoms with Gasteiger partial charge in [-0.2, -0.15) is 0 Å². The first-order valence-electron chi connectivity index (χ1n) is 8.82. The topological polar surface area (TPSA) is 66.4 Å². The molecular weight excluding hydrogens is 352 g/mol. The number of rotatable bonds is 4. The normalized spacial score (nSPS) is 10.4. The fourth-order valence-corrected chi connectivity index (χ4v) is 2.78. The second-order valence-corrected chi connectivity index (χ2v) is 6.87. The van der Waals surface area contributed by atoms with Crippen molar-refractivity contribution in [2.45, 2.75) is 0 Å². The van der Waals surface area contributed by atoms with Crippen LogP contribution in [0.5, 0.6) is 0 Å². The maximum absolute atomic E-state index is 12.2. The van der Waals surface area contributed by atoms with Crippen LogP contribution in [0.15, 0.2) is 61.1 Å². The molecule has 3 aromatic rings. The summed E-state index contributed by atoms with van der Waals surface area (Å²) in [4.78, 5) is 35.8. The second kappa shape index (κ2) is 8.00. The zero-order valence-corrected chi connectivity index (χ0v) is 16.4. The highest BCUT2D eigenvalue weighted by Gasteiger charge is 2.12. The third-order valence-corrected chi connectivity index (χ3v) is 4.33. The molecule has 2 heterocycles. The van der Waals surface area contributed by atoms with E-state index in [1.165, 1.54) is 4.90 Å². The minimum absolute atomic E-state index is 0.0340. The lowest BCUT2D eigenvalue weighted by Gasteiger charge is -2.11. The van der Waals surface area contributed by atoms with E-state index >= 15 is 0 Å². The summed E-state index contributed by atoms with van der Waals surface area (Å²) in [5.41, 5.74) is 4.68. The number of hydrogen-bond donors (Lipinski definition) is 0. The number of hydrogen-bond acceptors (Lipinski definition) is 4. The van der Waals surface area contributed by atoms with Crippen molar-refractivity contribution in [1.29, 1.82) is 0 Å². The van der Waals surface area contributed by atoms with Crippen molar-refractivity contribution in [1.82, 2.24) is 19.8 Å². The Morgan fingerprint density at radius 2 is 1.32 bits per heavy atom. The van der Waals surface area contributed by atoms with E-state index in [9.17, 15) is 9.59 Å². The molecule has 0 unspecified atom stereocenters. The van der Waals surface area contributed by atoms with Gasteiger partial charge in [-0.05, 0) is 41.5 Å². The van der Waals surface area contributed by atoms with E-state index in [0.717, 1.165) is 22.3 Å². The summed E-state index contributed by atoms with van der Waals surface area (Å²) in [5, 5.41) is 0. The summed E-state index contributed by atoms with van der Waals surface area (Å²) in [6.07, 6.45) is 5.16. The number of benzene rings is 1. The molecule has 1 aromatic carbocycles. The molecule has 0 spiro atoms. The quantitative estimate of drug-likeness (QED) is 0.703. The minimum atomic E-state index is -0.146. The molecule has 0 atom stereocenters. The number of amides is 2. The van der Waals surface area contributed by atoms with Gasteiger partial charge >= 0.3 is 0 Å². The fraction of sp³-hybridized carbons (Fsp3) is 0.182. The minimum Gasteiger partial charge on any atom is -0.345 e. The first-order chi connectivity index (χ1) is 13.4. The van der Waals surface area contributed by atoms with Gasteiger partial charge in [-0.25, -0.2) is 0 Å². The number of carbonyl (C=O) groups excluding carboxylic acids is 2. The Kier molecular flexibility index (Phi) is 5.49. The SMILES string of the molecule is CN(C)C(=O)c1ccc(-c2cncc(-c3ccnc(C(=O)N(C)C)c3)c2)cc1. The van der Waals surface area contributed by atoms with Crippen LogP contribution in [0, 0.1) is 0 Å². The van der Waals surface area contributed by atoms with Crippen molar-refractivity contribution in [3.05, 3.63) is 72.3 Å². The van der Waals surface area contributed by atoms with Crippen LogP contribution in [0.2, 0.25) is 0 Å². The predicted molar refractivity (Wildman–Crippen MR) is 109 cm³/mol. The number of carbonyl (C=O) groups is 2. The molecule has 0 saturated heterocycles. The Morgan fingerprint density at radius 1 is 0.714 bits per heavy atom. The molecule has 0 aliphatic carbocycles. The smallest absolute Gasteiger partial charge is 0.271 e. The zero-order chi connectivity index (χ0) is 20.3. The Bertz CT molecular complexity index is 1010. The van der Waals surface area contributed by atoms with E-state index in [1.54, 1.807) is 57.7 Å². The lowest BCUT2D eigenvalue weighted by atomic mass is 10.0. The first-order valence-corrected chi connectivity index (χ1v) is 8.82. The number of pyridine rings is 2. The maximum atomic E-state index is 12.2. The predicted octanol–water partition coefficient (Wildman–Crippen LogP) is 3.21. The highest BCUT2D eigenvalue weighted by Crippen LogP contribution is 2.26. The molecule has 0 aliphatic heterocycles. The van der Waals surface area contributed by atoms with Gasteiger partial charge in [0, 0.05) is 63.5 Å². The highest BCUT2D eigenvalue weighted by atomic mass is 16.2. The van der Waals surface area contributed by atoms with Crippen molar-refractivity contribution < 1.29 is 9.59 Å². The van der Waals surface area contributed by atoms with Gasteiger partial charge in [0.15, 0.2) is 0 Å². The van der Waals surface area contributed by atoms with E-state index in [0.29, 0.717) is 11.3 Å². The molecule has 0 fully saturated rings. The van der Waals surface area contributed by atoms with Gasteiger partial charge in [-0.3, -0.25) is 19.6 Å². The average molecular weight is 374 g/mol. The van der Waals surface area contributed by atoms with E-state index in [4.69, 9.17) is 0 Å². The molecule has 0 N–H and O–H groups in total. The molecule has 6 heteroatoms. The van der Waals surface area contributed by atoms with E-state index in [2.05, 4.69) is 9.97 Å². The van der Waals surface area contributed by atoms with Crippen molar-refractivity contribution in [2.75, 3.05) is 28.2 Å². The molecule has 0 radical (unpaired) electrons. The van der Waals surface area contributed by atoms with Crippen LogP contribution in [-0.4, -0.2) is 59.8 Å².